The molecule has 1 aromatic rings. The fourth-order valence-electron chi connectivity index (χ4n) is 7.42. The van der Waals surface area contributed by atoms with Gasteiger partial charge in [-0.15, -0.1) is 11.8 Å². The van der Waals surface area contributed by atoms with E-state index >= 15 is 0 Å². The van der Waals surface area contributed by atoms with E-state index in [0.717, 1.165) is 48.8 Å². The Morgan fingerprint density at radius 2 is 1.82 bits per heavy atom. The fourth-order valence-corrected chi connectivity index (χ4v) is 8.76. The van der Waals surface area contributed by atoms with E-state index in [1.807, 2.05) is 0 Å². The van der Waals surface area contributed by atoms with E-state index in [1.165, 1.54) is 57.8 Å². The molecule has 3 atom stereocenters. The van der Waals surface area contributed by atoms with Crippen LogP contribution in [0.5, 0.6) is 5.88 Å². The Kier molecular flexibility index (Phi) is 9.80. The van der Waals surface area contributed by atoms with Crippen molar-refractivity contribution in [1.29, 1.82) is 0 Å². The molecular formula is C30H48N4O4S. The Bertz CT molecular complexity index is 962. The lowest BCUT2D eigenvalue weighted by atomic mass is 9.66. The second-order valence-electron chi connectivity index (χ2n) is 12.9. The van der Waals surface area contributed by atoms with Gasteiger partial charge in [-0.05, 0) is 74.8 Å². The highest BCUT2D eigenvalue weighted by molar-refractivity contribution is 8.00. The first kappa shape index (κ1) is 28.8. The van der Waals surface area contributed by atoms with Gasteiger partial charge in [-0.25, -0.2) is 0 Å². The van der Waals surface area contributed by atoms with E-state index in [-0.39, 0.29) is 29.0 Å². The lowest BCUT2D eigenvalue weighted by Crippen LogP contribution is -2.42. The van der Waals surface area contributed by atoms with Crippen molar-refractivity contribution in [3.05, 3.63) is 5.76 Å². The maximum atomic E-state index is 13.6. The van der Waals surface area contributed by atoms with Crippen LogP contribution in [0.3, 0.4) is 0 Å². The Morgan fingerprint density at radius 1 is 1.08 bits per heavy atom. The largest absolute Gasteiger partial charge is 0.474 e. The number of ether oxygens (including phenoxy) is 1. The van der Waals surface area contributed by atoms with Crippen LogP contribution in [0, 0.1) is 23.2 Å². The molecule has 4 aliphatic carbocycles. The lowest BCUT2D eigenvalue weighted by molar-refractivity contribution is -0.125. The number of rotatable bonds is 12. The number of nitrogens with zero attached hydrogens (tertiary/aromatic N) is 1. The average Bonchev–Trinajstić information content (AvgIpc) is 3.31. The third-order valence-electron chi connectivity index (χ3n) is 9.82. The highest BCUT2D eigenvalue weighted by Crippen LogP contribution is 2.46. The number of fused-ring (bicyclic) bond motifs is 2. The van der Waals surface area contributed by atoms with Crippen LogP contribution in [0.2, 0.25) is 0 Å². The molecule has 0 aromatic carbocycles. The molecule has 4 fully saturated rings. The van der Waals surface area contributed by atoms with Gasteiger partial charge in [0.15, 0.2) is 0 Å². The van der Waals surface area contributed by atoms with Crippen molar-refractivity contribution in [2.45, 2.75) is 119 Å². The summed E-state index contributed by atoms with van der Waals surface area (Å²) in [6.45, 7) is 3.47. The summed E-state index contributed by atoms with van der Waals surface area (Å²) < 4.78 is 12.0. The second-order valence-corrected chi connectivity index (χ2v) is 14.2. The van der Waals surface area contributed by atoms with Gasteiger partial charge in [0.1, 0.15) is 4.90 Å². The van der Waals surface area contributed by atoms with Gasteiger partial charge in [-0.2, -0.15) is 0 Å². The number of carbonyl (C=O) groups is 2. The first-order chi connectivity index (χ1) is 18.9. The summed E-state index contributed by atoms with van der Waals surface area (Å²) in [6, 6.07) is 0.105. The van der Waals surface area contributed by atoms with Gasteiger partial charge in [0.2, 0.25) is 11.7 Å². The van der Waals surface area contributed by atoms with Crippen LogP contribution in [-0.2, 0) is 4.79 Å². The summed E-state index contributed by atoms with van der Waals surface area (Å²) >= 11 is 1.69. The maximum Gasteiger partial charge on any atom is 0.291 e. The molecule has 0 saturated heterocycles. The van der Waals surface area contributed by atoms with Crippen molar-refractivity contribution in [3.63, 3.8) is 0 Å². The fraction of sp³-hybridized carbons (Fsp3) is 0.833. The molecule has 4 N–H and O–H groups in total. The molecule has 9 heteroatoms. The van der Waals surface area contributed by atoms with Gasteiger partial charge >= 0.3 is 0 Å². The molecule has 4 aliphatic rings. The number of aromatic nitrogens is 1. The molecule has 8 nitrogen and oxygen atoms in total. The van der Waals surface area contributed by atoms with E-state index in [9.17, 15) is 9.59 Å². The Hall–Kier alpha value is -1.74. The van der Waals surface area contributed by atoms with Crippen molar-refractivity contribution >= 4 is 23.6 Å². The third kappa shape index (κ3) is 7.32. The number of carbonyl (C=O) groups excluding carboxylic acids is 2. The summed E-state index contributed by atoms with van der Waals surface area (Å²) in [6.07, 6.45) is 17.2. The number of hydrogen-bond donors (Lipinski definition) is 3. The van der Waals surface area contributed by atoms with Gasteiger partial charge in [0.25, 0.3) is 11.8 Å². The van der Waals surface area contributed by atoms with E-state index in [2.05, 4.69) is 22.7 Å². The first-order valence-electron chi connectivity index (χ1n) is 15.5. The standard InChI is InChI=1S/C30H48N4O4S/c1-20(23-16-21-7-5-8-22(15-21)17-23)33-28(36)26-27(39-24-9-3-2-4-10-24)29(34-38-26)37-19-30(11-6-12-30)18-25(35)32-14-13-31/h20-24H,2-19,31H2,1H3,(H,32,35)(H,33,36). The summed E-state index contributed by atoms with van der Waals surface area (Å²) in [5.41, 5.74) is 5.35. The van der Waals surface area contributed by atoms with Crippen LogP contribution in [-0.4, -0.2) is 48.0 Å². The van der Waals surface area contributed by atoms with Crippen molar-refractivity contribution < 1.29 is 18.8 Å². The molecule has 1 heterocycles. The smallest absolute Gasteiger partial charge is 0.291 e. The molecule has 2 bridgehead atoms. The van der Waals surface area contributed by atoms with E-state index in [1.54, 1.807) is 11.8 Å². The van der Waals surface area contributed by atoms with Gasteiger partial charge in [-0.1, -0.05) is 44.9 Å². The molecular weight excluding hydrogens is 512 g/mol. The zero-order valence-electron chi connectivity index (χ0n) is 23.7. The van der Waals surface area contributed by atoms with Gasteiger partial charge in [0, 0.05) is 36.2 Å². The minimum Gasteiger partial charge on any atom is -0.474 e. The van der Waals surface area contributed by atoms with Crippen LogP contribution < -0.4 is 21.1 Å². The Labute approximate surface area is 237 Å². The zero-order chi connectivity index (χ0) is 27.2. The molecule has 2 amide bonds. The normalized spacial score (nSPS) is 27.3. The number of amides is 2. The van der Waals surface area contributed by atoms with E-state index in [4.69, 9.17) is 15.0 Å². The summed E-state index contributed by atoms with van der Waals surface area (Å²) in [4.78, 5) is 26.7. The number of thioether (sulfide) groups is 1. The first-order valence-corrected chi connectivity index (χ1v) is 16.4. The third-order valence-corrected chi connectivity index (χ3v) is 11.2. The maximum absolute atomic E-state index is 13.6. The van der Waals surface area contributed by atoms with Gasteiger partial charge < -0.3 is 25.6 Å². The highest BCUT2D eigenvalue weighted by atomic mass is 32.2. The van der Waals surface area contributed by atoms with Crippen LogP contribution >= 0.6 is 11.8 Å². The monoisotopic (exact) mass is 560 g/mol. The topological polar surface area (TPSA) is 119 Å². The van der Waals surface area contributed by atoms with Crippen molar-refractivity contribution in [2.24, 2.45) is 28.9 Å². The molecule has 0 spiro atoms. The van der Waals surface area contributed by atoms with Crippen LogP contribution in [0.4, 0.5) is 0 Å². The SMILES string of the molecule is CC(NC(=O)c1onc(OCC2(CC(=O)NCCN)CCC2)c1SC1CCCCC1)C1CC2CCCC(C2)C1. The number of hydrogen-bond acceptors (Lipinski definition) is 7. The van der Waals surface area contributed by atoms with Crippen molar-refractivity contribution in [1.82, 2.24) is 15.8 Å². The van der Waals surface area contributed by atoms with Crippen LogP contribution in [0.25, 0.3) is 0 Å². The molecule has 5 rings (SSSR count). The predicted octanol–water partition coefficient (Wildman–Crippen LogP) is 5.45. The molecule has 0 radical (unpaired) electrons. The summed E-state index contributed by atoms with van der Waals surface area (Å²) in [5, 5.41) is 10.9. The van der Waals surface area contributed by atoms with Crippen LogP contribution in [0.15, 0.2) is 9.42 Å². The molecule has 218 valence electrons. The van der Waals surface area contributed by atoms with Crippen LogP contribution in [0.1, 0.15) is 114 Å². The quantitative estimate of drug-likeness (QED) is 0.311. The zero-order valence-corrected chi connectivity index (χ0v) is 24.5. The van der Waals surface area contributed by atoms with Crippen molar-refractivity contribution in [3.8, 4) is 5.88 Å². The van der Waals surface area contributed by atoms with Gasteiger partial charge in [0.05, 0.1) is 6.61 Å². The van der Waals surface area contributed by atoms with Crippen molar-refractivity contribution in [2.75, 3.05) is 19.7 Å². The highest BCUT2D eigenvalue weighted by Gasteiger charge is 2.41. The summed E-state index contributed by atoms with van der Waals surface area (Å²) in [5.74, 6) is 2.69. The Balaban J connectivity index is 1.26. The molecule has 39 heavy (non-hydrogen) atoms. The number of nitrogens with two attached hydrogens (primary N) is 1. The van der Waals surface area contributed by atoms with Gasteiger partial charge in [-0.3, -0.25) is 9.59 Å². The molecule has 1 aromatic heterocycles. The Morgan fingerprint density at radius 3 is 2.49 bits per heavy atom. The minimum atomic E-state index is -0.194. The number of nitrogens with one attached hydrogen (secondary N) is 2. The second kappa shape index (κ2) is 13.3. The average molecular weight is 561 g/mol. The van der Waals surface area contributed by atoms with E-state index in [0.29, 0.717) is 43.2 Å². The minimum absolute atomic E-state index is 0.0154. The van der Waals surface area contributed by atoms with E-state index < -0.39 is 0 Å². The predicted molar refractivity (Wildman–Crippen MR) is 153 cm³/mol. The summed E-state index contributed by atoms with van der Waals surface area (Å²) in [7, 11) is 0. The molecule has 3 unspecified atom stereocenters. The molecule has 4 saturated carbocycles. The lowest BCUT2D eigenvalue weighted by Gasteiger charge is -2.41. The molecule has 0 aliphatic heterocycles.